The van der Waals surface area contributed by atoms with Crippen LogP contribution in [-0.2, 0) is 18.0 Å². The third-order valence-electron chi connectivity index (χ3n) is 2.98. The van der Waals surface area contributed by atoms with Crippen LogP contribution in [0.15, 0.2) is 18.2 Å². The molecule has 0 aromatic heterocycles. The van der Waals surface area contributed by atoms with Crippen LogP contribution in [0, 0.1) is 11.3 Å². The van der Waals surface area contributed by atoms with E-state index >= 15 is 0 Å². The standard InChI is InChI=1S/C14H16N2O2/c15-6-2-1-3-7-16-14(17)11-4-5-12-9-18-10-13(12)8-11/h4-5,8H,1-3,7,9-10H2,(H,16,17). The average molecular weight is 244 g/mol. The lowest BCUT2D eigenvalue weighted by molar-refractivity contribution is 0.0953. The fraction of sp³-hybridized carbons (Fsp3) is 0.429. The van der Waals surface area contributed by atoms with Gasteiger partial charge in [-0.1, -0.05) is 6.07 Å². The van der Waals surface area contributed by atoms with Crippen LogP contribution in [0.25, 0.3) is 0 Å². The molecule has 0 aliphatic carbocycles. The van der Waals surface area contributed by atoms with Crippen molar-refractivity contribution in [3.05, 3.63) is 34.9 Å². The van der Waals surface area contributed by atoms with Crippen molar-refractivity contribution in [1.82, 2.24) is 5.32 Å². The van der Waals surface area contributed by atoms with E-state index in [1.807, 2.05) is 18.2 Å². The number of carbonyl (C=O) groups is 1. The first kappa shape index (κ1) is 12.6. The highest BCUT2D eigenvalue weighted by molar-refractivity contribution is 5.94. The van der Waals surface area contributed by atoms with Crippen LogP contribution < -0.4 is 5.32 Å². The highest BCUT2D eigenvalue weighted by atomic mass is 16.5. The number of hydrogen-bond acceptors (Lipinski definition) is 3. The van der Waals surface area contributed by atoms with Crippen molar-refractivity contribution >= 4 is 5.91 Å². The molecule has 1 aromatic carbocycles. The molecule has 0 saturated heterocycles. The summed E-state index contributed by atoms with van der Waals surface area (Å²) in [6.07, 6.45) is 2.22. The number of amides is 1. The van der Waals surface area contributed by atoms with Gasteiger partial charge in [-0.2, -0.15) is 5.26 Å². The molecule has 4 nitrogen and oxygen atoms in total. The van der Waals surface area contributed by atoms with Crippen molar-refractivity contribution in [1.29, 1.82) is 5.26 Å². The van der Waals surface area contributed by atoms with Gasteiger partial charge in [0, 0.05) is 18.5 Å². The van der Waals surface area contributed by atoms with E-state index in [9.17, 15) is 4.79 Å². The van der Waals surface area contributed by atoms with E-state index in [2.05, 4.69) is 11.4 Å². The summed E-state index contributed by atoms with van der Waals surface area (Å²) in [7, 11) is 0. The molecule has 18 heavy (non-hydrogen) atoms. The minimum Gasteiger partial charge on any atom is -0.372 e. The predicted octanol–water partition coefficient (Wildman–Crippen LogP) is 2.14. The number of unbranched alkanes of at least 4 members (excludes halogenated alkanes) is 2. The van der Waals surface area contributed by atoms with Gasteiger partial charge in [0.15, 0.2) is 0 Å². The maximum Gasteiger partial charge on any atom is 0.251 e. The summed E-state index contributed by atoms with van der Waals surface area (Å²) in [6.45, 7) is 1.86. The number of fused-ring (bicyclic) bond motifs is 1. The molecular weight excluding hydrogens is 228 g/mol. The molecule has 2 rings (SSSR count). The molecule has 0 atom stereocenters. The van der Waals surface area contributed by atoms with Crippen LogP contribution in [0.4, 0.5) is 0 Å². The summed E-state index contributed by atoms with van der Waals surface area (Å²) in [6, 6.07) is 7.77. The number of carbonyl (C=O) groups excluding carboxylic acids is 1. The fourth-order valence-electron chi connectivity index (χ4n) is 1.95. The summed E-state index contributed by atoms with van der Waals surface area (Å²) < 4.78 is 5.31. The van der Waals surface area contributed by atoms with Crippen molar-refractivity contribution in [3.8, 4) is 6.07 Å². The van der Waals surface area contributed by atoms with Gasteiger partial charge in [-0.15, -0.1) is 0 Å². The molecule has 94 valence electrons. The van der Waals surface area contributed by atoms with Gasteiger partial charge in [0.1, 0.15) is 0 Å². The van der Waals surface area contributed by atoms with Gasteiger partial charge in [-0.05, 0) is 36.1 Å². The zero-order chi connectivity index (χ0) is 12.8. The Hall–Kier alpha value is -1.86. The highest BCUT2D eigenvalue weighted by Gasteiger charge is 2.13. The maximum atomic E-state index is 11.9. The fourth-order valence-corrected chi connectivity index (χ4v) is 1.95. The molecule has 1 amide bonds. The molecule has 1 N–H and O–H groups in total. The number of ether oxygens (including phenoxy) is 1. The number of benzene rings is 1. The first-order valence-electron chi connectivity index (χ1n) is 6.16. The molecule has 0 bridgehead atoms. The Kier molecular flexibility index (Phi) is 4.32. The number of nitrogens with one attached hydrogen (secondary N) is 1. The molecule has 0 unspecified atom stereocenters. The highest BCUT2D eigenvalue weighted by Crippen LogP contribution is 2.20. The Labute approximate surface area is 107 Å². The van der Waals surface area contributed by atoms with E-state index in [0.717, 1.165) is 18.4 Å². The molecule has 1 aliphatic heterocycles. The first-order chi connectivity index (χ1) is 8.81. The van der Waals surface area contributed by atoms with Gasteiger partial charge in [-0.3, -0.25) is 4.79 Å². The summed E-state index contributed by atoms with van der Waals surface area (Å²) in [5.41, 5.74) is 2.95. The van der Waals surface area contributed by atoms with Crippen LogP contribution in [0.3, 0.4) is 0 Å². The average Bonchev–Trinajstić information content (AvgIpc) is 2.85. The SMILES string of the molecule is N#CCCCCNC(=O)c1ccc2c(c1)COC2. The molecule has 1 heterocycles. The summed E-state index contributed by atoms with van der Waals surface area (Å²) in [4.78, 5) is 11.9. The predicted molar refractivity (Wildman–Crippen MR) is 66.7 cm³/mol. The molecular formula is C14H16N2O2. The topological polar surface area (TPSA) is 62.1 Å². The Balaban J connectivity index is 1.84. The largest absolute Gasteiger partial charge is 0.372 e. The molecule has 0 radical (unpaired) electrons. The van der Waals surface area contributed by atoms with Gasteiger partial charge in [0.2, 0.25) is 0 Å². The monoisotopic (exact) mass is 244 g/mol. The molecule has 0 spiro atoms. The van der Waals surface area contributed by atoms with Crippen molar-refractivity contribution in [2.45, 2.75) is 32.5 Å². The smallest absolute Gasteiger partial charge is 0.251 e. The quantitative estimate of drug-likeness (QED) is 0.807. The molecule has 0 fully saturated rings. The Bertz CT molecular complexity index is 477. The lowest BCUT2D eigenvalue weighted by Gasteiger charge is -2.05. The number of nitrogens with zero attached hydrogens (tertiary/aromatic N) is 1. The summed E-state index contributed by atoms with van der Waals surface area (Å²) >= 11 is 0. The van der Waals surface area contributed by atoms with E-state index in [4.69, 9.17) is 10.00 Å². The number of hydrogen-bond donors (Lipinski definition) is 1. The Morgan fingerprint density at radius 3 is 3.00 bits per heavy atom. The lowest BCUT2D eigenvalue weighted by atomic mass is 10.1. The van der Waals surface area contributed by atoms with Crippen LogP contribution >= 0.6 is 0 Å². The minimum atomic E-state index is -0.0540. The van der Waals surface area contributed by atoms with Crippen LogP contribution in [-0.4, -0.2) is 12.5 Å². The summed E-state index contributed by atoms with van der Waals surface area (Å²) in [5, 5.41) is 11.3. The van der Waals surface area contributed by atoms with Crippen molar-refractivity contribution in [2.75, 3.05) is 6.54 Å². The second-order valence-electron chi connectivity index (χ2n) is 4.35. The minimum absolute atomic E-state index is 0.0540. The van der Waals surface area contributed by atoms with Crippen molar-refractivity contribution in [2.24, 2.45) is 0 Å². The number of rotatable bonds is 5. The van der Waals surface area contributed by atoms with E-state index in [-0.39, 0.29) is 5.91 Å². The molecule has 0 saturated carbocycles. The van der Waals surface area contributed by atoms with Gasteiger partial charge >= 0.3 is 0 Å². The zero-order valence-electron chi connectivity index (χ0n) is 10.2. The van der Waals surface area contributed by atoms with Gasteiger partial charge in [-0.25, -0.2) is 0 Å². The zero-order valence-corrected chi connectivity index (χ0v) is 10.2. The van der Waals surface area contributed by atoms with E-state index < -0.39 is 0 Å². The molecule has 4 heteroatoms. The van der Waals surface area contributed by atoms with Gasteiger partial charge in [0.05, 0.1) is 19.3 Å². The van der Waals surface area contributed by atoms with Crippen molar-refractivity contribution in [3.63, 3.8) is 0 Å². The van der Waals surface area contributed by atoms with Gasteiger partial charge in [0.25, 0.3) is 5.91 Å². The lowest BCUT2D eigenvalue weighted by Crippen LogP contribution is -2.24. The van der Waals surface area contributed by atoms with Crippen LogP contribution in [0.2, 0.25) is 0 Å². The maximum absolute atomic E-state index is 11.9. The van der Waals surface area contributed by atoms with Crippen LogP contribution in [0.1, 0.15) is 40.7 Å². The third-order valence-corrected chi connectivity index (χ3v) is 2.98. The van der Waals surface area contributed by atoms with E-state index in [1.165, 1.54) is 5.56 Å². The van der Waals surface area contributed by atoms with Crippen LogP contribution in [0.5, 0.6) is 0 Å². The first-order valence-corrected chi connectivity index (χ1v) is 6.16. The van der Waals surface area contributed by atoms with Gasteiger partial charge < -0.3 is 10.1 Å². The Morgan fingerprint density at radius 1 is 1.33 bits per heavy atom. The molecule has 1 aromatic rings. The second kappa shape index (κ2) is 6.18. The second-order valence-corrected chi connectivity index (χ2v) is 4.35. The third kappa shape index (κ3) is 3.08. The normalized spacial score (nSPS) is 12.8. The number of nitriles is 1. The van der Waals surface area contributed by atoms with E-state index in [0.29, 0.717) is 31.7 Å². The van der Waals surface area contributed by atoms with Crippen molar-refractivity contribution < 1.29 is 9.53 Å². The summed E-state index contributed by atoms with van der Waals surface area (Å²) in [5.74, 6) is -0.0540. The van der Waals surface area contributed by atoms with E-state index in [1.54, 1.807) is 0 Å². The Morgan fingerprint density at radius 2 is 2.17 bits per heavy atom. The molecule has 1 aliphatic rings.